The Hall–Kier alpha value is -1.84. The quantitative estimate of drug-likeness (QED) is 0.928. The number of aryl methyl sites for hydroxylation is 2. The Morgan fingerprint density at radius 2 is 1.77 bits per heavy atom. The lowest BCUT2D eigenvalue weighted by Crippen LogP contribution is -2.41. The normalized spacial score (nSPS) is 15.7. The van der Waals surface area contributed by atoms with Crippen LogP contribution in [0.5, 0.6) is 0 Å². The highest BCUT2D eigenvalue weighted by molar-refractivity contribution is 5.94. The van der Waals surface area contributed by atoms with Crippen molar-refractivity contribution in [3.05, 3.63) is 29.3 Å². The van der Waals surface area contributed by atoms with E-state index >= 15 is 0 Å². The van der Waals surface area contributed by atoms with Gasteiger partial charge in [-0.3, -0.25) is 9.59 Å². The molecule has 1 N–H and O–H groups in total. The summed E-state index contributed by atoms with van der Waals surface area (Å²) in [6, 6.07) is 6.02. The van der Waals surface area contributed by atoms with Crippen LogP contribution in [0.1, 0.15) is 43.7 Å². The zero-order valence-electron chi connectivity index (χ0n) is 13.8. The number of piperidine rings is 1. The molecular weight excluding hydrogens is 276 g/mol. The summed E-state index contributed by atoms with van der Waals surface area (Å²) in [7, 11) is 0. The number of carbonyl (C=O) groups excluding carboxylic acids is 2. The van der Waals surface area contributed by atoms with E-state index in [0.29, 0.717) is 19.5 Å². The first kappa shape index (κ1) is 16.5. The van der Waals surface area contributed by atoms with Crippen LogP contribution >= 0.6 is 0 Å². The first-order chi connectivity index (χ1) is 10.5. The second kappa shape index (κ2) is 7.43. The first-order valence-corrected chi connectivity index (χ1v) is 8.17. The van der Waals surface area contributed by atoms with Gasteiger partial charge in [0.05, 0.1) is 0 Å². The summed E-state index contributed by atoms with van der Waals surface area (Å²) < 4.78 is 0. The Balaban J connectivity index is 1.92. The van der Waals surface area contributed by atoms with E-state index in [0.717, 1.165) is 36.1 Å². The van der Waals surface area contributed by atoms with Gasteiger partial charge in [-0.2, -0.15) is 0 Å². The minimum atomic E-state index is 0.00434. The lowest BCUT2D eigenvalue weighted by Gasteiger charge is -2.31. The summed E-state index contributed by atoms with van der Waals surface area (Å²) in [5.41, 5.74) is 3.10. The number of nitrogens with one attached hydrogen (secondary N) is 1. The van der Waals surface area contributed by atoms with Crippen LogP contribution in [0.15, 0.2) is 18.2 Å². The number of rotatable bonds is 4. The smallest absolute Gasteiger partial charge is 0.227 e. The van der Waals surface area contributed by atoms with Crippen molar-refractivity contribution in [3.8, 4) is 0 Å². The number of carbonyl (C=O) groups is 2. The molecule has 22 heavy (non-hydrogen) atoms. The topological polar surface area (TPSA) is 49.4 Å². The molecule has 0 saturated carbocycles. The first-order valence-electron chi connectivity index (χ1n) is 8.17. The maximum atomic E-state index is 12.5. The number of hydrogen-bond donors (Lipinski definition) is 1. The van der Waals surface area contributed by atoms with E-state index in [2.05, 4.69) is 5.32 Å². The Labute approximate surface area is 132 Å². The van der Waals surface area contributed by atoms with Crippen LogP contribution in [-0.2, 0) is 9.59 Å². The van der Waals surface area contributed by atoms with Gasteiger partial charge >= 0.3 is 0 Å². The molecule has 0 radical (unpaired) electrons. The molecule has 1 aromatic rings. The molecule has 120 valence electrons. The van der Waals surface area contributed by atoms with Crippen molar-refractivity contribution in [1.29, 1.82) is 0 Å². The van der Waals surface area contributed by atoms with E-state index < -0.39 is 0 Å². The molecule has 0 unspecified atom stereocenters. The predicted molar refractivity (Wildman–Crippen MR) is 88.8 cm³/mol. The van der Waals surface area contributed by atoms with Gasteiger partial charge in [0, 0.05) is 31.1 Å². The van der Waals surface area contributed by atoms with E-state index in [4.69, 9.17) is 0 Å². The molecule has 2 amide bonds. The molecule has 0 bridgehead atoms. The van der Waals surface area contributed by atoms with Crippen LogP contribution in [0.3, 0.4) is 0 Å². The summed E-state index contributed by atoms with van der Waals surface area (Å²) >= 11 is 0. The van der Waals surface area contributed by atoms with Crippen LogP contribution in [-0.4, -0.2) is 29.8 Å². The molecule has 1 aliphatic heterocycles. The van der Waals surface area contributed by atoms with E-state index in [1.165, 1.54) is 0 Å². The van der Waals surface area contributed by atoms with Crippen molar-refractivity contribution in [1.82, 2.24) is 4.90 Å². The molecule has 1 fully saturated rings. The highest BCUT2D eigenvalue weighted by Crippen LogP contribution is 2.23. The van der Waals surface area contributed by atoms with Gasteiger partial charge in [0.25, 0.3) is 0 Å². The molecule has 1 heterocycles. The van der Waals surface area contributed by atoms with E-state index in [-0.39, 0.29) is 17.7 Å². The molecule has 1 aliphatic rings. The maximum Gasteiger partial charge on any atom is 0.227 e. The van der Waals surface area contributed by atoms with Crippen LogP contribution in [0.25, 0.3) is 0 Å². The van der Waals surface area contributed by atoms with Gasteiger partial charge in [0.1, 0.15) is 0 Å². The number of anilines is 1. The third-order valence-corrected chi connectivity index (χ3v) is 4.41. The largest absolute Gasteiger partial charge is 0.343 e. The van der Waals surface area contributed by atoms with Crippen molar-refractivity contribution in [2.75, 3.05) is 18.4 Å². The standard InChI is InChI=1S/C18H26N2O2/c1-4-6-16(21)20-11-9-15(10-12-20)18(22)19-17-13(2)7-5-8-14(17)3/h5,7-8,15H,4,6,9-12H2,1-3H3,(H,19,22). The van der Waals surface area contributed by atoms with Gasteiger partial charge in [-0.05, 0) is 44.2 Å². The lowest BCUT2D eigenvalue weighted by atomic mass is 9.95. The van der Waals surface area contributed by atoms with Crippen molar-refractivity contribution in [2.24, 2.45) is 5.92 Å². The average Bonchev–Trinajstić information content (AvgIpc) is 2.51. The molecule has 4 heteroatoms. The fourth-order valence-electron chi connectivity index (χ4n) is 3.00. The summed E-state index contributed by atoms with van der Waals surface area (Å²) in [6.07, 6.45) is 3.00. The second-order valence-corrected chi connectivity index (χ2v) is 6.16. The maximum absolute atomic E-state index is 12.5. The molecule has 0 spiro atoms. The fourth-order valence-corrected chi connectivity index (χ4v) is 3.00. The Morgan fingerprint density at radius 3 is 2.32 bits per heavy atom. The van der Waals surface area contributed by atoms with Gasteiger partial charge in [-0.1, -0.05) is 25.1 Å². The molecule has 0 aliphatic carbocycles. The monoisotopic (exact) mass is 302 g/mol. The number of benzene rings is 1. The summed E-state index contributed by atoms with van der Waals surface area (Å²) in [6.45, 7) is 7.43. The van der Waals surface area contributed by atoms with Gasteiger partial charge in [-0.15, -0.1) is 0 Å². The van der Waals surface area contributed by atoms with Gasteiger partial charge in [-0.25, -0.2) is 0 Å². The van der Waals surface area contributed by atoms with Crippen molar-refractivity contribution in [2.45, 2.75) is 46.5 Å². The number of para-hydroxylation sites is 1. The Bertz CT molecular complexity index is 526. The summed E-state index contributed by atoms with van der Waals surface area (Å²) in [5.74, 6) is 0.306. The van der Waals surface area contributed by atoms with E-state index in [1.54, 1.807) is 0 Å². The molecule has 0 atom stereocenters. The minimum Gasteiger partial charge on any atom is -0.343 e. The SMILES string of the molecule is CCCC(=O)N1CCC(C(=O)Nc2c(C)cccc2C)CC1. The van der Waals surface area contributed by atoms with Crippen molar-refractivity contribution >= 4 is 17.5 Å². The Morgan fingerprint density at radius 1 is 1.18 bits per heavy atom. The average molecular weight is 302 g/mol. The minimum absolute atomic E-state index is 0.00434. The summed E-state index contributed by atoms with van der Waals surface area (Å²) in [5, 5.41) is 3.08. The zero-order chi connectivity index (χ0) is 16.1. The highest BCUT2D eigenvalue weighted by Gasteiger charge is 2.27. The van der Waals surface area contributed by atoms with E-state index in [9.17, 15) is 9.59 Å². The van der Waals surface area contributed by atoms with Crippen LogP contribution in [0.2, 0.25) is 0 Å². The van der Waals surface area contributed by atoms with Gasteiger partial charge in [0.15, 0.2) is 0 Å². The van der Waals surface area contributed by atoms with Crippen LogP contribution in [0, 0.1) is 19.8 Å². The number of likely N-dealkylation sites (tertiary alicyclic amines) is 1. The third-order valence-electron chi connectivity index (χ3n) is 4.41. The summed E-state index contributed by atoms with van der Waals surface area (Å²) in [4.78, 5) is 26.2. The molecule has 0 aromatic heterocycles. The molecule has 2 rings (SSSR count). The Kier molecular flexibility index (Phi) is 5.58. The number of hydrogen-bond acceptors (Lipinski definition) is 2. The highest BCUT2D eigenvalue weighted by atomic mass is 16.2. The molecule has 1 aromatic carbocycles. The van der Waals surface area contributed by atoms with E-state index in [1.807, 2.05) is 43.9 Å². The van der Waals surface area contributed by atoms with Crippen molar-refractivity contribution in [3.63, 3.8) is 0 Å². The van der Waals surface area contributed by atoms with Gasteiger partial charge in [0.2, 0.25) is 11.8 Å². The van der Waals surface area contributed by atoms with Gasteiger partial charge < -0.3 is 10.2 Å². The third kappa shape index (κ3) is 3.87. The van der Waals surface area contributed by atoms with Crippen molar-refractivity contribution < 1.29 is 9.59 Å². The fraction of sp³-hybridized carbons (Fsp3) is 0.556. The second-order valence-electron chi connectivity index (χ2n) is 6.16. The molecular formula is C18H26N2O2. The number of nitrogens with zero attached hydrogens (tertiary/aromatic N) is 1. The van der Waals surface area contributed by atoms with Crippen LogP contribution in [0.4, 0.5) is 5.69 Å². The number of amides is 2. The predicted octanol–water partition coefficient (Wildman–Crippen LogP) is 3.28. The zero-order valence-corrected chi connectivity index (χ0v) is 13.8. The van der Waals surface area contributed by atoms with Crippen LogP contribution < -0.4 is 5.32 Å². The molecule has 1 saturated heterocycles. The molecule has 4 nitrogen and oxygen atoms in total. The lowest BCUT2D eigenvalue weighted by molar-refractivity contribution is -0.134.